The molecule has 1 aromatic carbocycles. The van der Waals surface area contributed by atoms with Crippen molar-refractivity contribution in [1.82, 2.24) is 0 Å². The summed E-state index contributed by atoms with van der Waals surface area (Å²) in [7, 11) is 0. The number of hydrogen-bond donors (Lipinski definition) is 0. The van der Waals surface area contributed by atoms with Crippen molar-refractivity contribution in [3.05, 3.63) is 31.9 Å². The fraction of sp³-hybridized carbons (Fsp3) is 0. The van der Waals surface area contributed by atoms with Gasteiger partial charge in [-0.05, 0) is 28.7 Å². The van der Waals surface area contributed by atoms with Crippen LogP contribution in [-0.2, 0) is 4.79 Å². The van der Waals surface area contributed by atoms with Crippen LogP contribution in [0, 0.1) is 13.7 Å². The zero-order valence-electron chi connectivity index (χ0n) is 6.23. The summed E-state index contributed by atoms with van der Waals surface area (Å²) in [5.74, 6) is 0. The smallest absolute Gasteiger partial charge is 0.258 e. The molecule has 13 heavy (non-hydrogen) atoms. The summed E-state index contributed by atoms with van der Waals surface area (Å²) < 4.78 is 0.551. The lowest BCUT2D eigenvalue weighted by Crippen LogP contribution is -1.87. The second kappa shape index (κ2) is 4.11. The van der Waals surface area contributed by atoms with E-state index in [-0.39, 0.29) is 5.69 Å². The minimum atomic E-state index is -0.503. The molecular formula is C7H3IN2O3. The molecule has 0 aromatic heterocycles. The number of carbonyl (C=O) groups excluding carboxylic acids is 1. The number of non-ortho nitro benzene ring substituents is 1. The molecule has 0 N–H and O–H groups in total. The Bertz CT molecular complexity index is 399. The van der Waals surface area contributed by atoms with E-state index in [1.807, 2.05) is 22.6 Å². The second-order valence-electron chi connectivity index (χ2n) is 2.10. The van der Waals surface area contributed by atoms with Crippen molar-refractivity contribution < 1.29 is 9.72 Å². The number of benzene rings is 1. The number of aliphatic imine (C=N–C) groups is 1. The number of hydrogen-bond acceptors (Lipinski definition) is 4. The van der Waals surface area contributed by atoms with E-state index in [1.165, 1.54) is 24.3 Å². The van der Waals surface area contributed by atoms with Crippen molar-refractivity contribution in [1.29, 1.82) is 0 Å². The second-order valence-corrected chi connectivity index (χ2v) is 3.26. The van der Waals surface area contributed by atoms with Crippen molar-refractivity contribution in [2.75, 3.05) is 0 Å². The van der Waals surface area contributed by atoms with Gasteiger partial charge >= 0.3 is 0 Å². The fourth-order valence-electron chi connectivity index (χ4n) is 0.749. The minimum Gasteiger partial charge on any atom is -0.258 e. The monoisotopic (exact) mass is 290 g/mol. The standard InChI is InChI=1S/C7H3IN2O3/c8-6-3-5(10(12)13)1-2-7(6)9-4-11/h1-3H. The van der Waals surface area contributed by atoms with E-state index in [4.69, 9.17) is 0 Å². The highest BCUT2D eigenvalue weighted by molar-refractivity contribution is 14.1. The van der Waals surface area contributed by atoms with Gasteiger partial charge in [0.2, 0.25) is 6.08 Å². The third kappa shape index (κ3) is 2.33. The first-order chi connectivity index (χ1) is 6.15. The number of isocyanates is 1. The van der Waals surface area contributed by atoms with Crippen LogP contribution in [0.5, 0.6) is 0 Å². The SMILES string of the molecule is O=C=Nc1ccc([N+](=O)[O-])cc1I. The molecule has 0 spiro atoms. The molecule has 0 aliphatic heterocycles. The predicted octanol–water partition coefficient (Wildman–Crippen LogP) is 2.17. The normalized spacial score (nSPS) is 9.00. The van der Waals surface area contributed by atoms with E-state index >= 15 is 0 Å². The Morgan fingerprint density at radius 1 is 1.54 bits per heavy atom. The van der Waals surface area contributed by atoms with Gasteiger partial charge in [-0.1, -0.05) is 0 Å². The molecule has 0 aliphatic carbocycles. The summed E-state index contributed by atoms with van der Waals surface area (Å²) in [6, 6.07) is 4.04. The lowest BCUT2D eigenvalue weighted by molar-refractivity contribution is -0.384. The summed E-state index contributed by atoms with van der Waals surface area (Å²) in [4.78, 5) is 23.1. The quantitative estimate of drug-likeness (QED) is 0.275. The van der Waals surface area contributed by atoms with Crippen LogP contribution in [0.3, 0.4) is 0 Å². The third-order valence-corrected chi connectivity index (χ3v) is 2.17. The van der Waals surface area contributed by atoms with Crippen LogP contribution in [0.25, 0.3) is 0 Å². The molecule has 0 bridgehead atoms. The predicted molar refractivity (Wildman–Crippen MR) is 53.6 cm³/mol. The molecular weight excluding hydrogens is 287 g/mol. The molecule has 0 saturated carbocycles. The Morgan fingerprint density at radius 3 is 2.69 bits per heavy atom. The first-order valence-electron chi connectivity index (χ1n) is 3.17. The maximum atomic E-state index is 10.3. The molecule has 66 valence electrons. The van der Waals surface area contributed by atoms with Crippen LogP contribution in [0.15, 0.2) is 23.2 Å². The molecule has 1 aromatic rings. The van der Waals surface area contributed by atoms with Gasteiger partial charge in [-0.25, -0.2) is 4.79 Å². The highest BCUT2D eigenvalue weighted by Gasteiger charge is 2.07. The first-order valence-corrected chi connectivity index (χ1v) is 4.25. The van der Waals surface area contributed by atoms with Gasteiger partial charge in [0.25, 0.3) is 5.69 Å². The molecule has 0 atom stereocenters. The summed E-state index contributed by atoms with van der Waals surface area (Å²) in [6.45, 7) is 0. The van der Waals surface area contributed by atoms with Gasteiger partial charge in [-0.15, -0.1) is 0 Å². The van der Waals surface area contributed by atoms with Gasteiger partial charge in [0.05, 0.1) is 10.6 Å². The maximum Gasteiger partial charge on any atom is 0.270 e. The Labute approximate surface area is 86.8 Å². The van der Waals surface area contributed by atoms with Gasteiger partial charge in [0.1, 0.15) is 0 Å². The molecule has 0 unspecified atom stereocenters. The third-order valence-electron chi connectivity index (χ3n) is 1.31. The fourth-order valence-corrected chi connectivity index (χ4v) is 1.37. The zero-order chi connectivity index (χ0) is 9.84. The number of nitro groups is 1. The van der Waals surface area contributed by atoms with Crippen LogP contribution < -0.4 is 0 Å². The summed E-state index contributed by atoms with van der Waals surface area (Å²) in [6.07, 6.45) is 1.37. The van der Waals surface area contributed by atoms with Crippen LogP contribution in [0.4, 0.5) is 11.4 Å². The molecule has 1 rings (SSSR count). The first kappa shape index (κ1) is 9.82. The average Bonchev–Trinajstić information content (AvgIpc) is 2.08. The Morgan fingerprint density at radius 2 is 2.23 bits per heavy atom. The van der Waals surface area contributed by atoms with Crippen LogP contribution in [0.2, 0.25) is 0 Å². The van der Waals surface area contributed by atoms with Gasteiger partial charge in [0.15, 0.2) is 0 Å². The van der Waals surface area contributed by atoms with Gasteiger partial charge in [-0.3, -0.25) is 10.1 Å². The van der Waals surface area contributed by atoms with Gasteiger partial charge in [-0.2, -0.15) is 4.99 Å². The average molecular weight is 290 g/mol. The van der Waals surface area contributed by atoms with E-state index in [0.29, 0.717) is 9.26 Å². The van der Waals surface area contributed by atoms with Crippen molar-refractivity contribution in [3.63, 3.8) is 0 Å². The topological polar surface area (TPSA) is 72.6 Å². The summed E-state index contributed by atoms with van der Waals surface area (Å²) in [5.41, 5.74) is 0.371. The zero-order valence-corrected chi connectivity index (χ0v) is 8.39. The lowest BCUT2D eigenvalue weighted by Gasteiger charge is -1.95. The molecule has 0 radical (unpaired) electrons. The summed E-state index contributed by atoms with van der Waals surface area (Å²) >= 11 is 1.87. The van der Waals surface area contributed by atoms with E-state index in [1.54, 1.807) is 0 Å². The molecule has 0 fully saturated rings. The van der Waals surface area contributed by atoms with Crippen molar-refractivity contribution in [3.8, 4) is 0 Å². The minimum absolute atomic E-state index is 0.0192. The van der Waals surface area contributed by atoms with Crippen LogP contribution >= 0.6 is 22.6 Å². The van der Waals surface area contributed by atoms with Crippen LogP contribution in [0.1, 0.15) is 0 Å². The number of nitrogens with zero attached hydrogens (tertiary/aromatic N) is 2. The largest absolute Gasteiger partial charge is 0.270 e. The Hall–Kier alpha value is -1.27. The van der Waals surface area contributed by atoms with Gasteiger partial charge < -0.3 is 0 Å². The Kier molecular flexibility index (Phi) is 3.10. The van der Waals surface area contributed by atoms with E-state index in [0.717, 1.165) is 0 Å². The number of rotatable bonds is 2. The Balaban J connectivity index is 3.19. The van der Waals surface area contributed by atoms with Gasteiger partial charge in [0, 0.05) is 15.7 Å². The maximum absolute atomic E-state index is 10.3. The molecule has 0 amide bonds. The highest BCUT2D eigenvalue weighted by atomic mass is 127. The molecule has 0 heterocycles. The summed E-state index contributed by atoms with van der Waals surface area (Å²) in [5, 5.41) is 10.3. The van der Waals surface area contributed by atoms with E-state index < -0.39 is 4.92 Å². The van der Waals surface area contributed by atoms with Crippen molar-refractivity contribution in [2.24, 2.45) is 4.99 Å². The highest BCUT2D eigenvalue weighted by Crippen LogP contribution is 2.25. The van der Waals surface area contributed by atoms with E-state index in [9.17, 15) is 14.9 Å². The lowest BCUT2D eigenvalue weighted by atomic mass is 10.3. The molecule has 6 heteroatoms. The molecule has 0 saturated heterocycles. The van der Waals surface area contributed by atoms with Crippen molar-refractivity contribution in [2.45, 2.75) is 0 Å². The molecule has 5 nitrogen and oxygen atoms in total. The number of halogens is 1. The molecule has 0 aliphatic rings. The van der Waals surface area contributed by atoms with Crippen LogP contribution in [-0.4, -0.2) is 11.0 Å². The van der Waals surface area contributed by atoms with E-state index in [2.05, 4.69) is 4.99 Å². The number of nitro benzene ring substituents is 1. The van der Waals surface area contributed by atoms with Crippen molar-refractivity contribution >= 4 is 40.0 Å².